The first-order chi connectivity index (χ1) is 21.3. The average molecular weight is 595 g/mol. The molecule has 3 atom stereocenters. The maximum absolute atomic E-state index is 14.6. The summed E-state index contributed by atoms with van der Waals surface area (Å²) >= 11 is 0. The van der Waals surface area contributed by atoms with E-state index in [4.69, 9.17) is 9.47 Å². The van der Waals surface area contributed by atoms with Gasteiger partial charge in [-0.05, 0) is 56.2 Å². The summed E-state index contributed by atoms with van der Waals surface area (Å²) in [5.41, 5.74) is 4.89. The zero-order chi connectivity index (χ0) is 31.0. The van der Waals surface area contributed by atoms with Crippen LogP contribution in [0.1, 0.15) is 65.8 Å². The number of aryl methyl sites for hydroxylation is 1. The van der Waals surface area contributed by atoms with Gasteiger partial charge in [-0.3, -0.25) is 23.5 Å². The summed E-state index contributed by atoms with van der Waals surface area (Å²) in [6.07, 6.45) is 1.96. The number of amides is 1. The second kappa shape index (κ2) is 11.9. The fraction of sp³-hybridized carbons (Fsp3) is 0.294. The molecule has 6 rings (SSSR count). The summed E-state index contributed by atoms with van der Waals surface area (Å²) in [5.74, 6) is -1.18. The molecular formula is C34H34N4O6. The molecule has 2 aromatic heterocycles. The minimum atomic E-state index is -0.692. The van der Waals surface area contributed by atoms with E-state index in [1.54, 1.807) is 34.3 Å². The van der Waals surface area contributed by atoms with E-state index in [0.717, 1.165) is 27.6 Å². The van der Waals surface area contributed by atoms with Crippen LogP contribution in [0.3, 0.4) is 0 Å². The molecule has 0 saturated carbocycles. The predicted octanol–water partition coefficient (Wildman–Crippen LogP) is 4.79. The lowest BCUT2D eigenvalue weighted by atomic mass is 10.0. The van der Waals surface area contributed by atoms with Crippen LogP contribution in [0.5, 0.6) is 0 Å². The first-order valence-corrected chi connectivity index (χ1v) is 14.8. The summed E-state index contributed by atoms with van der Waals surface area (Å²) in [6.45, 7) is 6.08. The molecule has 5 aromatic rings. The molecule has 0 spiro atoms. The number of aromatic amines is 1. The van der Waals surface area contributed by atoms with Crippen molar-refractivity contribution in [3.8, 4) is 0 Å². The highest BCUT2D eigenvalue weighted by Crippen LogP contribution is 2.33. The molecular weight excluding hydrogens is 560 g/mol. The van der Waals surface area contributed by atoms with Gasteiger partial charge in [-0.15, -0.1) is 0 Å². The zero-order valence-electron chi connectivity index (χ0n) is 24.8. The quantitative estimate of drug-likeness (QED) is 0.237. The third-order valence-corrected chi connectivity index (χ3v) is 8.31. The van der Waals surface area contributed by atoms with Crippen LogP contribution >= 0.6 is 0 Å². The second-order valence-electron chi connectivity index (χ2n) is 11.1. The Balaban J connectivity index is 1.54. The molecule has 1 saturated heterocycles. The highest BCUT2D eigenvalue weighted by atomic mass is 16.5. The zero-order valence-corrected chi connectivity index (χ0v) is 24.8. The number of H-pyrrole nitrogens is 1. The smallest absolute Gasteiger partial charge is 0.330 e. The van der Waals surface area contributed by atoms with Crippen LogP contribution in [0, 0.1) is 6.92 Å². The Morgan fingerprint density at radius 3 is 2.57 bits per heavy atom. The molecule has 0 bridgehead atoms. The summed E-state index contributed by atoms with van der Waals surface area (Å²) in [6, 6.07) is 19.0. The van der Waals surface area contributed by atoms with Crippen molar-refractivity contribution in [1.82, 2.24) is 19.4 Å². The van der Waals surface area contributed by atoms with Gasteiger partial charge in [-0.1, -0.05) is 42.5 Å². The highest BCUT2D eigenvalue weighted by molar-refractivity contribution is 5.98. The van der Waals surface area contributed by atoms with E-state index in [-0.39, 0.29) is 49.7 Å². The molecule has 226 valence electrons. The molecule has 3 aromatic carbocycles. The minimum Gasteiger partial charge on any atom is -0.466 e. The number of imidazole rings is 1. The average Bonchev–Trinajstić information content (AvgIpc) is 3.71. The number of carbonyl (C=O) groups excluding carboxylic acids is 3. The molecule has 1 fully saturated rings. The van der Waals surface area contributed by atoms with Crippen LogP contribution in [0.4, 0.5) is 0 Å². The Kier molecular flexibility index (Phi) is 7.82. The molecule has 44 heavy (non-hydrogen) atoms. The van der Waals surface area contributed by atoms with E-state index in [9.17, 15) is 19.2 Å². The molecule has 10 heteroatoms. The van der Waals surface area contributed by atoms with Gasteiger partial charge in [-0.2, -0.15) is 0 Å². The predicted molar refractivity (Wildman–Crippen MR) is 166 cm³/mol. The lowest BCUT2D eigenvalue weighted by molar-refractivity contribution is -0.143. The first-order valence-electron chi connectivity index (χ1n) is 14.8. The van der Waals surface area contributed by atoms with E-state index in [1.807, 2.05) is 68.6 Å². The number of nitrogens with zero attached hydrogens (tertiary/aromatic N) is 2. The number of ether oxygens (including phenoxy) is 2. The van der Waals surface area contributed by atoms with Gasteiger partial charge in [0.05, 0.1) is 48.6 Å². The van der Waals surface area contributed by atoms with Gasteiger partial charge in [0.25, 0.3) is 5.91 Å². The number of benzene rings is 3. The van der Waals surface area contributed by atoms with Crippen molar-refractivity contribution in [1.29, 1.82) is 0 Å². The number of hydrogen-bond acceptors (Lipinski definition) is 6. The Hall–Kier alpha value is -5.12. The van der Waals surface area contributed by atoms with E-state index in [1.165, 1.54) is 0 Å². The fourth-order valence-corrected chi connectivity index (χ4v) is 6.21. The Bertz CT molecular complexity index is 1940. The maximum atomic E-state index is 14.6. The van der Waals surface area contributed by atoms with Crippen molar-refractivity contribution in [2.45, 2.75) is 51.7 Å². The van der Waals surface area contributed by atoms with Gasteiger partial charge in [-0.25, -0.2) is 4.79 Å². The highest BCUT2D eigenvalue weighted by Gasteiger charge is 2.30. The van der Waals surface area contributed by atoms with Crippen molar-refractivity contribution in [2.75, 3.05) is 13.2 Å². The molecule has 3 unspecified atom stereocenters. The fourth-order valence-electron chi connectivity index (χ4n) is 6.21. The van der Waals surface area contributed by atoms with E-state index in [0.29, 0.717) is 16.6 Å². The first kappa shape index (κ1) is 29.0. The number of nitrogens with one attached hydrogen (secondary N) is 2. The van der Waals surface area contributed by atoms with Gasteiger partial charge in [0.1, 0.15) is 6.61 Å². The molecule has 10 nitrogen and oxygen atoms in total. The van der Waals surface area contributed by atoms with Crippen LogP contribution in [-0.4, -0.2) is 51.2 Å². The van der Waals surface area contributed by atoms with Crippen LogP contribution in [0.2, 0.25) is 0 Å². The third kappa shape index (κ3) is 5.27. The topological polar surface area (TPSA) is 124 Å². The largest absolute Gasteiger partial charge is 0.466 e. The summed E-state index contributed by atoms with van der Waals surface area (Å²) < 4.78 is 13.6. The minimum absolute atomic E-state index is 0.0740. The monoisotopic (exact) mass is 594 g/mol. The summed E-state index contributed by atoms with van der Waals surface area (Å²) in [5, 5.41) is 3.90. The van der Waals surface area contributed by atoms with Crippen molar-refractivity contribution < 1.29 is 23.9 Å². The number of aromatic nitrogens is 3. The Morgan fingerprint density at radius 1 is 1.05 bits per heavy atom. The van der Waals surface area contributed by atoms with E-state index in [2.05, 4.69) is 10.3 Å². The molecule has 1 aliphatic heterocycles. The summed E-state index contributed by atoms with van der Waals surface area (Å²) in [7, 11) is 0. The van der Waals surface area contributed by atoms with Gasteiger partial charge < -0.3 is 19.8 Å². The third-order valence-electron chi connectivity index (χ3n) is 8.31. The number of fused-ring (bicyclic) bond motifs is 2. The Labute approximate surface area is 253 Å². The molecule has 1 amide bonds. The summed E-state index contributed by atoms with van der Waals surface area (Å²) in [4.78, 5) is 55.7. The molecule has 0 radical (unpaired) electrons. The van der Waals surface area contributed by atoms with Gasteiger partial charge in [0.15, 0.2) is 0 Å². The van der Waals surface area contributed by atoms with Crippen LogP contribution in [0.15, 0.2) is 77.7 Å². The number of rotatable bonds is 9. The Morgan fingerprint density at radius 2 is 1.84 bits per heavy atom. The van der Waals surface area contributed by atoms with E-state index >= 15 is 0 Å². The number of carbonyl (C=O) groups is 3. The second-order valence-corrected chi connectivity index (χ2v) is 11.1. The van der Waals surface area contributed by atoms with Crippen molar-refractivity contribution >= 4 is 39.8 Å². The lowest BCUT2D eigenvalue weighted by Crippen LogP contribution is -2.35. The molecule has 2 N–H and O–H groups in total. The van der Waals surface area contributed by atoms with Crippen LogP contribution in [0.25, 0.3) is 21.9 Å². The van der Waals surface area contributed by atoms with Crippen molar-refractivity contribution in [2.24, 2.45) is 0 Å². The number of hydrogen-bond donors (Lipinski definition) is 2. The van der Waals surface area contributed by atoms with Crippen LogP contribution in [-0.2, 0) is 19.1 Å². The van der Waals surface area contributed by atoms with Gasteiger partial charge >= 0.3 is 17.6 Å². The van der Waals surface area contributed by atoms with Crippen molar-refractivity contribution in [3.63, 3.8) is 0 Å². The van der Waals surface area contributed by atoms with Gasteiger partial charge in [0, 0.05) is 28.2 Å². The van der Waals surface area contributed by atoms with Crippen LogP contribution < -0.4 is 11.0 Å². The number of cyclic esters (lactones) is 1. The van der Waals surface area contributed by atoms with Crippen molar-refractivity contribution in [3.05, 3.63) is 106 Å². The normalized spacial score (nSPS) is 16.2. The van der Waals surface area contributed by atoms with Gasteiger partial charge in [0.2, 0.25) is 0 Å². The molecule has 0 aliphatic carbocycles. The molecule has 3 heterocycles. The van der Waals surface area contributed by atoms with E-state index < -0.39 is 18.1 Å². The maximum Gasteiger partial charge on any atom is 0.330 e. The molecule has 1 aliphatic rings. The SMILES string of the molecule is CCOC(=O)CC(c1ccccc1)n1c(=O)n(C(C)c2c[nH]c3cccc(C)c23)c2ccc(C(=O)NC3COC(=O)C3)cc21. The lowest BCUT2D eigenvalue weighted by Gasteiger charge is -2.19. The standard InChI is InChI=1S/C34H34N4O6/c1-4-43-31(40)17-28(22-10-6-5-7-11-22)38-29-15-23(33(41)36-24-16-30(39)44-19-24)13-14-27(29)37(34(38)42)21(3)25-18-35-26-12-8-9-20(2)32(25)26/h5-15,18,21,24,28,35H,4,16-17,19H2,1-3H3,(H,36,41). The number of esters is 2.